The number of hydrogen-bond acceptors (Lipinski definition) is 5. The number of para-hydroxylation sites is 1. The number of aryl methyl sites for hydroxylation is 1. The first-order valence-electron chi connectivity index (χ1n) is 11.3. The van der Waals surface area contributed by atoms with Crippen molar-refractivity contribution in [2.45, 2.75) is 39.3 Å². The molecule has 5 rings (SSSR count). The van der Waals surface area contributed by atoms with E-state index in [1.807, 2.05) is 54.1 Å². The van der Waals surface area contributed by atoms with Gasteiger partial charge in [-0.3, -0.25) is 9.69 Å². The standard InChI is InChI=1S/C25H28N6O/c1-17-8-7-13-30(15-17)23(21-14-20-12-6-9-18(2)22(20)26-25(21)32)24-27-28-29-31(24)16-19-10-4-3-5-11-19/h3-6,9-12,14,17,23H,7-8,13,15-16H2,1-2H3,(H,26,32)/t17-,23-/m1/s1. The van der Waals surface area contributed by atoms with Crippen molar-refractivity contribution in [1.82, 2.24) is 30.1 Å². The third-order valence-electron chi connectivity index (χ3n) is 6.44. The molecule has 0 bridgehead atoms. The van der Waals surface area contributed by atoms with Crippen molar-refractivity contribution >= 4 is 10.9 Å². The van der Waals surface area contributed by atoms with E-state index in [4.69, 9.17) is 0 Å². The molecule has 0 amide bonds. The number of nitrogens with zero attached hydrogens (tertiary/aromatic N) is 5. The Morgan fingerprint density at radius 2 is 2.00 bits per heavy atom. The van der Waals surface area contributed by atoms with E-state index in [0.29, 0.717) is 23.9 Å². The zero-order valence-electron chi connectivity index (χ0n) is 18.5. The summed E-state index contributed by atoms with van der Waals surface area (Å²) >= 11 is 0. The van der Waals surface area contributed by atoms with Crippen molar-refractivity contribution < 1.29 is 0 Å². The van der Waals surface area contributed by atoms with Crippen LogP contribution < -0.4 is 5.56 Å². The Morgan fingerprint density at radius 3 is 2.81 bits per heavy atom. The number of H-pyrrole nitrogens is 1. The molecule has 2 aromatic carbocycles. The highest BCUT2D eigenvalue weighted by Crippen LogP contribution is 2.31. The minimum atomic E-state index is -0.301. The molecule has 1 fully saturated rings. The average Bonchev–Trinajstić information content (AvgIpc) is 3.23. The van der Waals surface area contributed by atoms with Crippen LogP contribution in [-0.4, -0.2) is 43.2 Å². The van der Waals surface area contributed by atoms with Gasteiger partial charge in [-0.05, 0) is 65.2 Å². The molecule has 4 aromatic rings. The van der Waals surface area contributed by atoms with Crippen molar-refractivity contribution in [3.05, 3.63) is 87.5 Å². The molecule has 1 aliphatic heterocycles. The van der Waals surface area contributed by atoms with Crippen molar-refractivity contribution in [1.29, 1.82) is 0 Å². The van der Waals surface area contributed by atoms with E-state index in [1.165, 1.54) is 6.42 Å². The van der Waals surface area contributed by atoms with Gasteiger partial charge in [-0.15, -0.1) is 5.10 Å². The maximum Gasteiger partial charge on any atom is 0.253 e. The summed E-state index contributed by atoms with van der Waals surface area (Å²) in [5.74, 6) is 1.27. The second-order valence-corrected chi connectivity index (χ2v) is 8.92. The molecule has 32 heavy (non-hydrogen) atoms. The van der Waals surface area contributed by atoms with E-state index in [9.17, 15) is 4.79 Å². The molecule has 0 aliphatic carbocycles. The van der Waals surface area contributed by atoms with Gasteiger partial charge >= 0.3 is 0 Å². The van der Waals surface area contributed by atoms with Crippen LogP contribution in [0.4, 0.5) is 0 Å². The lowest BCUT2D eigenvalue weighted by atomic mass is 9.95. The van der Waals surface area contributed by atoms with Crippen LogP contribution >= 0.6 is 0 Å². The molecule has 0 saturated carbocycles. The molecule has 1 aliphatic rings. The fourth-order valence-corrected chi connectivity index (χ4v) is 4.84. The maximum atomic E-state index is 13.4. The summed E-state index contributed by atoms with van der Waals surface area (Å²) in [6, 6.07) is 18.0. The summed E-state index contributed by atoms with van der Waals surface area (Å²) in [4.78, 5) is 18.9. The number of piperidine rings is 1. The molecule has 164 valence electrons. The average molecular weight is 429 g/mol. The zero-order valence-corrected chi connectivity index (χ0v) is 18.5. The SMILES string of the molecule is Cc1cccc2cc([C@H](c3nnnn3Cc3ccccc3)N3CCC[C@@H](C)C3)c(=O)[nH]c12. The highest BCUT2D eigenvalue weighted by atomic mass is 16.1. The lowest BCUT2D eigenvalue weighted by Crippen LogP contribution is -2.41. The normalized spacial score (nSPS) is 18.1. The van der Waals surface area contributed by atoms with Gasteiger partial charge in [0, 0.05) is 12.1 Å². The number of aromatic nitrogens is 5. The predicted octanol–water partition coefficient (Wildman–Crippen LogP) is 3.69. The summed E-state index contributed by atoms with van der Waals surface area (Å²) in [7, 11) is 0. The first kappa shape index (κ1) is 20.6. The quantitative estimate of drug-likeness (QED) is 0.524. The summed E-state index contributed by atoms with van der Waals surface area (Å²) in [6.07, 6.45) is 2.30. The summed E-state index contributed by atoms with van der Waals surface area (Å²) in [6.45, 7) is 6.67. The lowest BCUT2D eigenvalue weighted by Gasteiger charge is -2.36. The second-order valence-electron chi connectivity index (χ2n) is 8.92. The van der Waals surface area contributed by atoms with Gasteiger partial charge in [0.2, 0.25) is 0 Å². The molecule has 7 nitrogen and oxygen atoms in total. The largest absolute Gasteiger partial charge is 0.321 e. The lowest BCUT2D eigenvalue weighted by molar-refractivity contribution is 0.141. The highest BCUT2D eigenvalue weighted by molar-refractivity contribution is 5.82. The van der Waals surface area contributed by atoms with Crippen LogP contribution in [0.1, 0.15) is 48.3 Å². The number of tetrazole rings is 1. The van der Waals surface area contributed by atoms with Crippen LogP contribution in [0.5, 0.6) is 0 Å². The van der Waals surface area contributed by atoms with Gasteiger partial charge in [-0.2, -0.15) is 0 Å². The zero-order chi connectivity index (χ0) is 22.1. The number of pyridine rings is 1. The van der Waals surface area contributed by atoms with Gasteiger partial charge in [-0.1, -0.05) is 55.5 Å². The topological polar surface area (TPSA) is 79.7 Å². The van der Waals surface area contributed by atoms with E-state index in [0.717, 1.165) is 41.5 Å². The third kappa shape index (κ3) is 3.96. The fourth-order valence-electron chi connectivity index (χ4n) is 4.84. The molecule has 1 N–H and O–H groups in total. The molecule has 0 spiro atoms. The van der Waals surface area contributed by atoms with Gasteiger partial charge in [0.1, 0.15) is 6.04 Å². The van der Waals surface area contributed by atoms with Crippen LogP contribution in [0.25, 0.3) is 10.9 Å². The monoisotopic (exact) mass is 428 g/mol. The summed E-state index contributed by atoms with van der Waals surface area (Å²) in [5.41, 5.74) is 3.68. The molecule has 3 heterocycles. The Balaban J connectivity index is 1.63. The minimum absolute atomic E-state index is 0.0794. The fraction of sp³-hybridized carbons (Fsp3) is 0.360. The Hall–Kier alpha value is -3.32. The number of aromatic amines is 1. The Labute approximate surface area is 187 Å². The first-order valence-corrected chi connectivity index (χ1v) is 11.3. The van der Waals surface area contributed by atoms with Crippen molar-refractivity contribution in [2.75, 3.05) is 13.1 Å². The number of nitrogens with one attached hydrogen (secondary N) is 1. The molecular formula is C25H28N6O. The van der Waals surface area contributed by atoms with Gasteiger partial charge in [-0.25, -0.2) is 4.68 Å². The van der Waals surface area contributed by atoms with E-state index in [-0.39, 0.29) is 11.6 Å². The van der Waals surface area contributed by atoms with Gasteiger partial charge in [0.15, 0.2) is 5.82 Å². The number of hydrogen-bond donors (Lipinski definition) is 1. The van der Waals surface area contributed by atoms with Crippen LogP contribution in [0.3, 0.4) is 0 Å². The van der Waals surface area contributed by atoms with Crippen molar-refractivity contribution in [3.8, 4) is 0 Å². The van der Waals surface area contributed by atoms with E-state index in [2.05, 4.69) is 44.5 Å². The Kier molecular flexibility index (Phi) is 5.57. The molecule has 2 atom stereocenters. The van der Waals surface area contributed by atoms with Gasteiger partial charge in [0.25, 0.3) is 5.56 Å². The second kappa shape index (κ2) is 8.67. The van der Waals surface area contributed by atoms with E-state index in [1.54, 1.807) is 0 Å². The highest BCUT2D eigenvalue weighted by Gasteiger charge is 2.32. The molecule has 7 heteroatoms. The molecule has 0 unspecified atom stereocenters. The third-order valence-corrected chi connectivity index (χ3v) is 6.44. The van der Waals surface area contributed by atoms with Gasteiger partial charge in [0.05, 0.1) is 12.1 Å². The predicted molar refractivity (Wildman–Crippen MR) is 124 cm³/mol. The molecule has 0 radical (unpaired) electrons. The minimum Gasteiger partial charge on any atom is -0.321 e. The smallest absolute Gasteiger partial charge is 0.253 e. The van der Waals surface area contributed by atoms with Crippen molar-refractivity contribution in [3.63, 3.8) is 0 Å². The van der Waals surface area contributed by atoms with E-state index >= 15 is 0 Å². The van der Waals surface area contributed by atoms with Crippen LogP contribution in [-0.2, 0) is 6.54 Å². The number of benzene rings is 2. The van der Waals surface area contributed by atoms with Crippen molar-refractivity contribution in [2.24, 2.45) is 5.92 Å². The maximum absolute atomic E-state index is 13.4. The van der Waals surface area contributed by atoms with Crippen LogP contribution in [0.2, 0.25) is 0 Å². The molecule has 1 saturated heterocycles. The Bertz CT molecular complexity index is 1280. The van der Waals surface area contributed by atoms with Gasteiger partial charge < -0.3 is 4.98 Å². The Morgan fingerprint density at radius 1 is 1.16 bits per heavy atom. The van der Waals surface area contributed by atoms with Crippen LogP contribution in [0, 0.1) is 12.8 Å². The first-order chi connectivity index (χ1) is 15.6. The van der Waals surface area contributed by atoms with E-state index < -0.39 is 0 Å². The molecule has 2 aromatic heterocycles. The van der Waals surface area contributed by atoms with Crippen LogP contribution in [0.15, 0.2) is 59.4 Å². The number of fused-ring (bicyclic) bond motifs is 1. The number of rotatable bonds is 5. The summed E-state index contributed by atoms with van der Waals surface area (Å²) in [5, 5.41) is 13.8. The molecular weight excluding hydrogens is 400 g/mol. The number of likely N-dealkylation sites (tertiary alicyclic amines) is 1. The summed E-state index contributed by atoms with van der Waals surface area (Å²) < 4.78 is 1.83.